The monoisotopic (exact) mass is 231 g/mol. The van der Waals surface area contributed by atoms with Crippen molar-refractivity contribution in [3.8, 4) is 0 Å². The third-order valence-corrected chi connectivity index (χ3v) is 2.78. The molecule has 1 aromatic carbocycles. The molecular formula is C10H8ClF2NO. The van der Waals surface area contributed by atoms with Crippen LogP contribution in [0.15, 0.2) is 12.1 Å². The van der Waals surface area contributed by atoms with Crippen LogP contribution in [-0.2, 0) is 4.79 Å². The van der Waals surface area contributed by atoms with Crippen LogP contribution < -0.4 is 5.32 Å². The van der Waals surface area contributed by atoms with Crippen molar-refractivity contribution in [2.75, 3.05) is 6.54 Å². The number of nitrogens with one attached hydrogen (secondary N) is 1. The molecule has 2 nitrogen and oxygen atoms in total. The molecule has 80 valence electrons. The number of hydrogen-bond donors (Lipinski definition) is 1. The van der Waals surface area contributed by atoms with Crippen LogP contribution in [-0.4, -0.2) is 12.5 Å². The second kappa shape index (κ2) is 3.77. The van der Waals surface area contributed by atoms with Crippen LogP contribution in [0.25, 0.3) is 0 Å². The molecule has 1 atom stereocenters. The molecule has 0 spiro atoms. The normalized spacial score (nSPS) is 20.5. The number of hydrogen-bond acceptors (Lipinski definition) is 1. The Morgan fingerprint density at radius 1 is 1.33 bits per heavy atom. The van der Waals surface area contributed by atoms with Gasteiger partial charge in [-0.25, -0.2) is 8.78 Å². The summed E-state index contributed by atoms with van der Waals surface area (Å²) >= 11 is 5.78. The second-order valence-corrected chi connectivity index (χ2v) is 3.90. The van der Waals surface area contributed by atoms with E-state index in [9.17, 15) is 13.6 Å². The molecular weight excluding hydrogens is 224 g/mol. The van der Waals surface area contributed by atoms with E-state index in [-0.39, 0.29) is 23.3 Å². The lowest BCUT2D eigenvalue weighted by molar-refractivity contribution is -0.119. The average Bonchev–Trinajstić information content (AvgIpc) is 2.58. The van der Waals surface area contributed by atoms with Crippen LogP contribution in [0.1, 0.15) is 17.9 Å². The zero-order valence-electron chi connectivity index (χ0n) is 7.69. The number of halogens is 3. The van der Waals surface area contributed by atoms with Gasteiger partial charge in [0.25, 0.3) is 0 Å². The van der Waals surface area contributed by atoms with Crippen LogP contribution in [0.2, 0.25) is 5.02 Å². The highest BCUT2D eigenvalue weighted by molar-refractivity contribution is 6.31. The lowest BCUT2D eigenvalue weighted by Crippen LogP contribution is -2.13. The van der Waals surface area contributed by atoms with E-state index in [4.69, 9.17) is 11.6 Å². The van der Waals surface area contributed by atoms with E-state index < -0.39 is 11.6 Å². The van der Waals surface area contributed by atoms with Gasteiger partial charge < -0.3 is 5.32 Å². The minimum Gasteiger partial charge on any atom is -0.355 e. The van der Waals surface area contributed by atoms with Gasteiger partial charge in [0.15, 0.2) is 11.6 Å². The first kappa shape index (κ1) is 10.4. The molecule has 1 N–H and O–H groups in total. The fourth-order valence-corrected chi connectivity index (χ4v) is 1.98. The first-order valence-electron chi connectivity index (χ1n) is 4.49. The average molecular weight is 232 g/mol. The molecule has 1 aromatic rings. The summed E-state index contributed by atoms with van der Waals surface area (Å²) in [6.45, 7) is 0.420. The van der Waals surface area contributed by atoms with Gasteiger partial charge >= 0.3 is 0 Å². The Morgan fingerprint density at radius 2 is 2.00 bits per heavy atom. The summed E-state index contributed by atoms with van der Waals surface area (Å²) in [4.78, 5) is 11.0. The van der Waals surface area contributed by atoms with Crippen molar-refractivity contribution in [1.82, 2.24) is 5.32 Å². The molecule has 0 bridgehead atoms. The summed E-state index contributed by atoms with van der Waals surface area (Å²) in [6.07, 6.45) is 0.269. The molecule has 0 aliphatic carbocycles. The minimum atomic E-state index is -0.971. The third kappa shape index (κ3) is 1.95. The highest BCUT2D eigenvalue weighted by Crippen LogP contribution is 2.30. The molecule has 0 radical (unpaired) electrons. The summed E-state index contributed by atoms with van der Waals surface area (Å²) in [5.41, 5.74) is 0.480. The number of carbonyl (C=O) groups is 1. The van der Waals surface area contributed by atoms with Crippen LogP contribution in [0.4, 0.5) is 8.78 Å². The number of carbonyl (C=O) groups excluding carboxylic acids is 1. The van der Waals surface area contributed by atoms with Crippen molar-refractivity contribution in [3.05, 3.63) is 34.4 Å². The molecule has 15 heavy (non-hydrogen) atoms. The van der Waals surface area contributed by atoms with Gasteiger partial charge in [-0.3, -0.25) is 4.79 Å². The van der Waals surface area contributed by atoms with E-state index in [0.29, 0.717) is 12.1 Å². The third-order valence-electron chi connectivity index (χ3n) is 2.46. The van der Waals surface area contributed by atoms with Crippen molar-refractivity contribution in [3.63, 3.8) is 0 Å². The van der Waals surface area contributed by atoms with Gasteiger partial charge in [-0.2, -0.15) is 0 Å². The van der Waals surface area contributed by atoms with Gasteiger partial charge in [0.2, 0.25) is 5.91 Å². The minimum absolute atomic E-state index is 0.0965. The quantitative estimate of drug-likeness (QED) is 0.738. The zero-order valence-corrected chi connectivity index (χ0v) is 8.44. The van der Waals surface area contributed by atoms with Gasteiger partial charge in [-0.15, -0.1) is 0 Å². The summed E-state index contributed by atoms with van der Waals surface area (Å²) < 4.78 is 25.8. The van der Waals surface area contributed by atoms with Gasteiger partial charge in [-0.05, 0) is 17.7 Å². The van der Waals surface area contributed by atoms with Crippen LogP contribution >= 0.6 is 11.6 Å². The largest absolute Gasteiger partial charge is 0.355 e. The van der Waals surface area contributed by atoms with Gasteiger partial charge in [-0.1, -0.05) is 11.6 Å². The first-order chi connectivity index (χ1) is 7.08. The number of benzene rings is 1. The molecule has 0 saturated carbocycles. The molecule has 1 heterocycles. The SMILES string of the molecule is O=C1CC(c2cc(F)c(F)cc2Cl)CN1. The smallest absolute Gasteiger partial charge is 0.220 e. The summed E-state index contributed by atoms with van der Waals surface area (Å²) in [7, 11) is 0. The zero-order chi connectivity index (χ0) is 11.0. The van der Waals surface area contributed by atoms with E-state index in [1.807, 2.05) is 0 Å². The Hall–Kier alpha value is -1.16. The molecule has 5 heteroatoms. The second-order valence-electron chi connectivity index (χ2n) is 3.49. The molecule has 1 amide bonds. The first-order valence-corrected chi connectivity index (χ1v) is 4.87. The van der Waals surface area contributed by atoms with Gasteiger partial charge in [0.05, 0.1) is 0 Å². The molecule has 0 aromatic heterocycles. The standard InChI is InChI=1S/C10H8ClF2NO/c11-7-3-9(13)8(12)2-6(7)5-1-10(15)14-4-5/h2-3,5H,1,4H2,(H,14,15). The van der Waals surface area contributed by atoms with E-state index in [1.54, 1.807) is 0 Å². The molecule has 1 fully saturated rings. The Balaban J connectivity index is 2.36. The Labute approximate surface area is 90.2 Å². The fraction of sp³-hybridized carbons (Fsp3) is 0.300. The topological polar surface area (TPSA) is 29.1 Å². The van der Waals surface area contributed by atoms with E-state index in [1.165, 1.54) is 0 Å². The van der Waals surface area contributed by atoms with Crippen molar-refractivity contribution in [2.24, 2.45) is 0 Å². The van der Waals surface area contributed by atoms with Gasteiger partial charge in [0, 0.05) is 23.9 Å². The number of amides is 1. The summed E-state index contributed by atoms with van der Waals surface area (Å²) in [5, 5.41) is 2.78. The maximum atomic E-state index is 13.0. The maximum absolute atomic E-state index is 13.0. The number of rotatable bonds is 1. The fourth-order valence-electron chi connectivity index (χ4n) is 1.68. The lowest BCUT2D eigenvalue weighted by Gasteiger charge is -2.10. The van der Waals surface area contributed by atoms with Crippen LogP contribution in [0, 0.1) is 11.6 Å². The molecule has 1 saturated heterocycles. The maximum Gasteiger partial charge on any atom is 0.220 e. The molecule has 1 aliphatic rings. The van der Waals surface area contributed by atoms with E-state index in [2.05, 4.69) is 5.32 Å². The molecule has 1 aliphatic heterocycles. The van der Waals surface area contributed by atoms with Gasteiger partial charge in [0.1, 0.15) is 0 Å². The van der Waals surface area contributed by atoms with Crippen molar-refractivity contribution in [1.29, 1.82) is 0 Å². The Kier molecular flexibility index (Phi) is 2.61. The van der Waals surface area contributed by atoms with Crippen molar-refractivity contribution >= 4 is 17.5 Å². The van der Waals surface area contributed by atoms with E-state index >= 15 is 0 Å². The van der Waals surface area contributed by atoms with Crippen molar-refractivity contribution < 1.29 is 13.6 Å². The highest BCUT2D eigenvalue weighted by atomic mass is 35.5. The Morgan fingerprint density at radius 3 is 2.60 bits per heavy atom. The predicted octanol–water partition coefficient (Wildman–Crippen LogP) is 2.22. The molecule has 1 unspecified atom stereocenters. The van der Waals surface area contributed by atoms with E-state index in [0.717, 1.165) is 12.1 Å². The molecule has 2 rings (SSSR count). The summed E-state index contributed by atoms with van der Waals surface area (Å²) in [6, 6.07) is 2.00. The van der Waals surface area contributed by atoms with Crippen LogP contribution in [0.5, 0.6) is 0 Å². The Bertz CT molecular complexity index is 422. The predicted molar refractivity (Wildman–Crippen MR) is 51.7 cm³/mol. The summed E-state index contributed by atoms with van der Waals surface area (Å²) in [5.74, 6) is -2.17. The lowest BCUT2D eigenvalue weighted by atomic mass is 9.98. The highest BCUT2D eigenvalue weighted by Gasteiger charge is 2.25. The van der Waals surface area contributed by atoms with Crippen LogP contribution in [0.3, 0.4) is 0 Å². The van der Waals surface area contributed by atoms with Crippen molar-refractivity contribution in [2.45, 2.75) is 12.3 Å².